The van der Waals surface area contributed by atoms with Crippen molar-refractivity contribution in [2.24, 2.45) is 17.1 Å². The van der Waals surface area contributed by atoms with E-state index >= 15 is 0 Å². The number of pyridine rings is 1. The molecule has 2 aromatic heterocycles. The molecule has 2 fully saturated rings. The zero-order valence-corrected chi connectivity index (χ0v) is 24.4. The van der Waals surface area contributed by atoms with Crippen molar-refractivity contribution in [3.05, 3.63) is 52.7 Å². The lowest BCUT2D eigenvalue weighted by Crippen LogP contribution is -2.50. The Morgan fingerprint density at radius 2 is 1.95 bits per heavy atom. The number of carbonyl (C=O) groups is 3. The molecule has 0 saturated carbocycles. The zero-order chi connectivity index (χ0) is 28.8. The maximum atomic E-state index is 13.7. The lowest BCUT2D eigenvalue weighted by Gasteiger charge is -2.39. The van der Waals surface area contributed by atoms with Crippen LogP contribution in [0.15, 0.2) is 36.5 Å². The van der Waals surface area contributed by atoms with Gasteiger partial charge in [-0.3, -0.25) is 19.2 Å². The molecule has 0 aliphatic carbocycles. The minimum atomic E-state index is -0.938. The van der Waals surface area contributed by atoms with Gasteiger partial charge in [0.1, 0.15) is 0 Å². The van der Waals surface area contributed by atoms with Crippen molar-refractivity contribution in [2.45, 2.75) is 45.6 Å². The molecule has 3 amide bonds. The highest BCUT2D eigenvalue weighted by atomic mass is 32.1. The van der Waals surface area contributed by atoms with Crippen molar-refractivity contribution in [1.82, 2.24) is 19.8 Å². The largest absolute Gasteiger partial charge is 0.365 e. The second-order valence-electron chi connectivity index (χ2n) is 11.7. The second-order valence-corrected chi connectivity index (χ2v) is 12.8. The van der Waals surface area contributed by atoms with Crippen LogP contribution in [0.25, 0.3) is 10.2 Å². The van der Waals surface area contributed by atoms with Crippen molar-refractivity contribution in [3.63, 3.8) is 0 Å². The second kappa shape index (κ2) is 10.9. The number of fused-ring (bicyclic) bond motifs is 1. The van der Waals surface area contributed by atoms with Gasteiger partial charge in [0, 0.05) is 31.7 Å². The molecule has 10 nitrogen and oxygen atoms in total. The Morgan fingerprint density at radius 1 is 1.18 bits per heavy atom. The minimum Gasteiger partial charge on any atom is -0.365 e. The van der Waals surface area contributed by atoms with Crippen LogP contribution in [-0.2, 0) is 14.4 Å². The van der Waals surface area contributed by atoms with E-state index < -0.39 is 17.7 Å². The number of piperidine rings is 1. The third-order valence-electron chi connectivity index (χ3n) is 8.10. The summed E-state index contributed by atoms with van der Waals surface area (Å²) >= 11 is 1.73. The first-order valence-electron chi connectivity index (χ1n) is 13.5. The molecule has 3 aromatic rings. The number of likely N-dealkylation sites (tertiary alicyclic amines) is 2. The number of carbonyl (C=O) groups excluding carboxylic acids is 3. The molecule has 212 valence electrons. The van der Waals surface area contributed by atoms with Gasteiger partial charge in [-0.05, 0) is 61.1 Å². The van der Waals surface area contributed by atoms with E-state index in [9.17, 15) is 14.4 Å². The predicted octanol–water partition coefficient (Wildman–Crippen LogP) is 3.74. The average Bonchev–Trinajstić information content (AvgIpc) is 3.46. The van der Waals surface area contributed by atoms with Crippen molar-refractivity contribution in [2.75, 3.05) is 38.9 Å². The van der Waals surface area contributed by atoms with Gasteiger partial charge in [-0.2, -0.15) is 5.06 Å². The molecule has 2 aliphatic rings. The van der Waals surface area contributed by atoms with Gasteiger partial charge in [0.05, 0.1) is 33.9 Å². The third kappa shape index (κ3) is 5.21. The van der Waals surface area contributed by atoms with Gasteiger partial charge in [0.25, 0.3) is 5.91 Å². The molecule has 2 aliphatic heterocycles. The Kier molecular flexibility index (Phi) is 7.64. The smallest absolute Gasteiger partial charge is 0.341 e. The number of primary amides is 1. The first-order valence-corrected chi connectivity index (χ1v) is 14.3. The van der Waals surface area contributed by atoms with Gasteiger partial charge >= 0.3 is 11.8 Å². The fourth-order valence-electron chi connectivity index (χ4n) is 6.11. The van der Waals surface area contributed by atoms with Gasteiger partial charge < -0.3 is 15.5 Å². The summed E-state index contributed by atoms with van der Waals surface area (Å²) in [4.78, 5) is 57.5. The SMILES string of the molecule is CON(C(=O)C(=O)N1C[C@@H](C)CC[C@@H]1c1ccc2sc([C@H]3CN(C)CC3(C)C)nc2c1)c1ncccc1C(N)=O. The topological polar surface area (TPSA) is 122 Å². The van der Waals surface area contributed by atoms with Crippen LogP contribution in [0.4, 0.5) is 5.82 Å². The Labute approximate surface area is 238 Å². The standard InChI is InChI=1S/C29H36N6O4S/c1-17-8-10-22(18-9-11-23-21(13-18)32-26(40-23)20-15-33(4)16-29(20,2)3)34(14-17)27(37)28(38)35(39-5)25-19(24(30)36)7-6-12-31-25/h6-7,9,11-13,17,20,22H,8,10,14-16H2,1-5H3,(H2,30,36)/t17-,20+,22+/m0/s1. The van der Waals surface area contributed by atoms with E-state index in [-0.39, 0.29) is 28.8 Å². The maximum Gasteiger partial charge on any atom is 0.341 e. The number of aromatic nitrogens is 2. The highest BCUT2D eigenvalue weighted by Gasteiger charge is 2.41. The summed E-state index contributed by atoms with van der Waals surface area (Å²) in [5.41, 5.74) is 7.46. The van der Waals surface area contributed by atoms with Gasteiger partial charge in [-0.25, -0.2) is 9.97 Å². The third-order valence-corrected chi connectivity index (χ3v) is 9.25. The Balaban J connectivity index is 1.44. The molecule has 11 heteroatoms. The minimum absolute atomic E-state index is 0.0181. The number of hydrogen-bond donors (Lipinski definition) is 1. The van der Waals surface area contributed by atoms with Gasteiger partial charge in [-0.1, -0.05) is 26.8 Å². The van der Waals surface area contributed by atoms with Gasteiger partial charge in [0.15, 0.2) is 5.82 Å². The van der Waals surface area contributed by atoms with E-state index in [0.29, 0.717) is 18.9 Å². The Bertz CT molecular complexity index is 1460. The molecule has 4 heterocycles. The van der Waals surface area contributed by atoms with Gasteiger partial charge in [0.2, 0.25) is 0 Å². The first-order chi connectivity index (χ1) is 19.0. The molecule has 0 radical (unpaired) electrons. The number of nitrogens with zero attached hydrogens (tertiary/aromatic N) is 5. The number of hydroxylamine groups is 1. The van der Waals surface area contributed by atoms with Crippen molar-refractivity contribution >= 4 is 45.1 Å². The van der Waals surface area contributed by atoms with E-state index in [0.717, 1.165) is 45.4 Å². The molecule has 2 saturated heterocycles. The average molecular weight is 565 g/mol. The fourth-order valence-corrected chi connectivity index (χ4v) is 7.36. The van der Waals surface area contributed by atoms with Crippen molar-refractivity contribution in [1.29, 1.82) is 0 Å². The molecule has 40 heavy (non-hydrogen) atoms. The number of thiazole rings is 1. The highest BCUT2D eigenvalue weighted by Crippen LogP contribution is 2.44. The quantitative estimate of drug-likeness (QED) is 0.370. The summed E-state index contributed by atoms with van der Waals surface area (Å²) in [6.45, 7) is 9.08. The number of hydrogen-bond acceptors (Lipinski definition) is 8. The number of benzene rings is 1. The molecular weight excluding hydrogens is 528 g/mol. The molecule has 3 atom stereocenters. The lowest BCUT2D eigenvalue weighted by molar-refractivity contribution is -0.151. The van der Waals surface area contributed by atoms with E-state index in [1.165, 1.54) is 25.4 Å². The van der Waals surface area contributed by atoms with Crippen molar-refractivity contribution in [3.8, 4) is 0 Å². The van der Waals surface area contributed by atoms with Crippen LogP contribution in [0.3, 0.4) is 0 Å². The van der Waals surface area contributed by atoms with Crippen LogP contribution < -0.4 is 10.8 Å². The summed E-state index contributed by atoms with van der Waals surface area (Å²) in [5.74, 6) is -1.98. The molecule has 5 rings (SSSR count). The number of rotatable bonds is 5. The van der Waals surface area contributed by atoms with E-state index in [1.807, 2.05) is 6.07 Å². The van der Waals surface area contributed by atoms with Crippen molar-refractivity contribution < 1.29 is 19.2 Å². The summed E-state index contributed by atoms with van der Waals surface area (Å²) in [6.07, 6.45) is 3.04. The molecule has 2 N–H and O–H groups in total. The predicted molar refractivity (Wildman–Crippen MR) is 154 cm³/mol. The zero-order valence-electron chi connectivity index (χ0n) is 23.6. The summed E-state index contributed by atoms with van der Waals surface area (Å²) in [5, 5.41) is 1.88. The fraction of sp³-hybridized carbons (Fsp3) is 0.483. The number of nitrogens with two attached hydrogens (primary N) is 1. The van der Waals surface area contributed by atoms with E-state index in [4.69, 9.17) is 15.6 Å². The summed E-state index contributed by atoms with van der Waals surface area (Å²) < 4.78 is 1.11. The summed E-state index contributed by atoms with van der Waals surface area (Å²) in [7, 11) is 3.40. The monoisotopic (exact) mass is 564 g/mol. The van der Waals surface area contributed by atoms with E-state index in [2.05, 4.69) is 49.8 Å². The lowest BCUT2D eigenvalue weighted by atomic mass is 9.82. The van der Waals surface area contributed by atoms with Crippen LogP contribution in [0.1, 0.15) is 66.5 Å². The maximum absolute atomic E-state index is 13.7. The molecule has 0 unspecified atom stereocenters. The number of anilines is 1. The normalized spacial score (nSPS) is 22.9. The van der Waals surface area contributed by atoms with Crippen LogP contribution in [-0.4, -0.2) is 71.3 Å². The molecule has 1 aromatic carbocycles. The Morgan fingerprint density at radius 3 is 2.62 bits per heavy atom. The van der Waals surface area contributed by atoms with Crippen LogP contribution in [0.2, 0.25) is 0 Å². The van der Waals surface area contributed by atoms with Crippen LogP contribution in [0.5, 0.6) is 0 Å². The highest BCUT2D eigenvalue weighted by molar-refractivity contribution is 7.18. The summed E-state index contributed by atoms with van der Waals surface area (Å²) in [6, 6.07) is 8.84. The van der Waals surface area contributed by atoms with Crippen LogP contribution in [0, 0.1) is 11.3 Å². The Hall–Kier alpha value is -3.41. The van der Waals surface area contributed by atoms with Gasteiger partial charge in [-0.15, -0.1) is 11.3 Å². The molecule has 0 bridgehead atoms. The molecule has 0 spiro atoms. The number of amides is 3. The van der Waals surface area contributed by atoms with Crippen LogP contribution >= 0.6 is 11.3 Å². The first kappa shape index (κ1) is 28.1. The number of likely N-dealkylation sites (N-methyl/N-ethyl adjacent to an activating group) is 1. The molecular formula is C29H36N6O4S. The van der Waals surface area contributed by atoms with E-state index in [1.54, 1.807) is 16.2 Å².